The van der Waals surface area contributed by atoms with Gasteiger partial charge in [0.25, 0.3) is 0 Å². The first-order valence-corrected chi connectivity index (χ1v) is 11.8. The third kappa shape index (κ3) is 9.31. The molecule has 17 heteroatoms. The van der Waals surface area contributed by atoms with Crippen LogP contribution in [0.25, 0.3) is 0 Å². The normalized spacial score (nSPS) is 13.6. The van der Waals surface area contributed by atoms with Gasteiger partial charge in [0.05, 0.1) is 13.2 Å². The maximum atomic E-state index is 13.6. The van der Waals surface area contributed by atoms with Crippen molar-refractivity contribution < 1.29 is 68.4 Å². The Morgan fingerprint density at radius 2 is 1.50 bits per heavy atom. The highest BCUT2D eigenvalue weighted by molar-refractivity contribution is 5.74. The molecule has 0 saturated carbocycles. The molecule has 8 nitrogen and oxygen atoms in total. The topological polar surface area (TPSA) is 97.3 Å². The summed E-state index contributed by atoms with van der Waals surface area (Å²) in [4.78, 5) is 24.2. The van der Waals surface area contributed by atoms with E-state index in [1.165, 1.54) is 12.1 Å². The number of urea groups is 1. The van der Waals surface area contributed by atoms with Crippen LogP contribution in [0.1, 0.15) is 25.8 Å². The van der Waals surface area contributed by atoms with Crippen molar-refractivity contribution in [2.75, 3.05) is 39.5 Å². The lowest BCUT2D eigenvalue weighted by atomic mass is 10.1. The fourth-order valence-electron chi connectivity index (χ4n) is 3.02. The summed E-state index contributed by atoms with van der Waals surface area (Å²) in [5.74, 6) is -14.9. The highest BCUT2D eigenvalue weighted by Gasteiger charge is 2.82. The van der Waals surface area contributed by atoms with E-state index < -0.39 is 55.4 Å². The summed E-state index contributed by atoms with van der Waals surface area (Å²) in [5, 5.41) is 11.5. The number of nitrogens with one attached hydrogen (secondary N) is 1. The van der Waals surface area contributed by atoms with Gasteiger partial charge in [0, 0.05) is 26.1 Å². The number of benzene rings is 1. The molecule has 1 aromatic carbocycles. The molecule has 0 aromatic heterocycles. The van der Waals surface area contributed by atoms with Crippen LogP contribution in [0.2, 0.25) is 0 Å². The highest BCUT2D eigenvalue weighted by atomic mass is 19.4. The number of ether oxygens (including phenoxy) is 3. The van der Waals surface area contributed by atoms with Crippen LogP contribution in [-0.2, 0) is 20.7 Å². The molecule has 0 aliphatic heterocycles. The van der Waals surface area contributed by atoms with Gasteiger partial charge in [-0.05, 0) is 31.0 Å². The molecular formula is C23H29F9N2O6. The Morgan fingerprint density at radius 1 is 0.925 bits per heavy atom. The zero-order valence-corrected chi connectivity index (χ0v) is 21.4. The predicted octanol–water partition coefficient (Wildman–Crippen LogP) is 4.96. The van der Waals surface area contributed by atoms with Crippen LogP contribution in [0.3, 0.4) is 0 Å². The van der Waals surface area contributed by atoms with Gasteiger partial charge in [-0.25, -0.2) is 9.59 Å². The van der Waals surface area contributed by atoms with E-state index in [4.69, 9.17) is 14.6 Å². The molecule has 0 radical (unpaired) electrons. The number of aliphatic carboxylic acids is 1. The summed E-state index contributed by atoms with van der Waals surface area (Å²) in [6, 6.07) is 5.13. The molecule has 0 saturated heterocycles. The maximum Gasteiger partial charge on any atom is 0.460 e. The Hall–Kier alpha value is -2.95. The van der Waals surface area contributed by atoms with Crippen molar-refractivity contribution in [3.8, 4) is 5.75 Å². The number of carbonyl (C=O) groups is 2. The van der Waals surface area contributed by atoms with Crippen molar-refractivity contribution in [3.05, 3.63) is 29.8 Å². The van der Waals surface area contributed by atoms with Crippen LogP contribution < -0.4 is 10.1 Å². The largest absolute Gasteiger partial charge is 0.492 e. The molecule has 230 valence electrons. The smallest absolute Gasteiger partial charge is 0.460 e. The van der Waals surface area contributed by atoms with Gasteiger partial charge in [0.2, 0.25) is 0 Å². The molecule has 0 aliphatic rings. The quantitative estimate of drug-likeness (QED) is 0.246. The Bertz CT molecular complexity index is 946. The van der Waals surface area contributed by atoms with Gasteiger partial charge >= 0.3 is 36.1 Å². The summed E-state index contributed by atoms with van der Waals surface area (Å²) in [6.07, 6.45) is -13.8. The summed E-state index contributed by atoms with van der Waals surface area (Å²) >= 11 is 0. The van der Waals surface area contributed by atoms with Gasteiger partial charge in [0.1, 0.15) is 12.4 Å². The molecule has 1 unspecified atom stereocenters. The van der Waals surface area contributed by atoms with Crippen LogP contribution in [0.5, 0.6) is 5.75 Å². The number of amides is 2. The zero-order valence-electron chi connectivity index (χ0n) is 21.4. The minimum Gasteiger partial charge on any atom is -0.492 e. The van der Waals surface area contributed by atoms with Gasteiger partial charge in [-0.15, -0.1) is 0 Å². The third-order valence-electron chi connectivity index (χ3n) is 5.19. The second-order valence-corrected chi connectivity index (χ2v) is 8.21. The lowest BCUT2D eigenvalue weighted by Crippen LogP contribution is -2.62. The monoisotopic (exact) mass is 600 g/mol. The van der Waals surface area contributed by atoms with E-state index in [0.717, 1.165) is 4.90 Å². The number of alkyl halides is 9. The van der Waals surface area contributed by atoms with Gasteiger partial charge in [-0.2, -0.15) is 39.5 Å². The average Bonchev–Trinajstić information content (AvgIpc) is 2.86. The molecule has 0 aliphatic carbocycles. The Balaban J connectivity index is 2.80. The standard InChI is InChI=1S/C23H29F9N2O6/c1-3-9-33-19(37)34(11-13-40-23(31,32)21(26,27)20(24,25)22(28,29)30)10-12-39-16-7-5-15(6-8-16)14-17(18(35)36)38-4-2/h5-8,17H,3-4,9-14H2,1-2H3,(H,33,37)(H,35,36). The number of halogens is 9. The molecule has 0 bridgehead atoms. The molecule has 1 atom stereocenters. The van der Waals surface area contributed by atoms with Crippen molar-refractivity contribution >= 4 is 12.0 Å². The minimum absolute atomic E-state index is 0.0629. The average molecular weight is 600 g/mol. The molecule has 0 fully saturated rings. The van der Waals surface area contributed by atoms with Crippen molar-refractivity contribution in [1.29, 1.82) is 0 Å². The highest BCUT2D eigenvalue weighted by Crippen LogP contribution is 2.53. The van der Waals surface area contributed by atoms with Gasteiger partial charge in [-0.1, -0.05) is 19.1 Å². The number of carboxylic acid groups (broad SMARTS) is 1. The Morgan fingerprint density at radius 3 is 2.00 bits per heavy atom. The molecule has 1 rings (SSSR count). The second kappa shape index (κ2) is 14.6. The Kier molecular flexibility index (Phi) is 12.8. The molecule has 0 heterocycles. The fraction of sp³-hybridized carbons (Fsp3) is 0.652. The van der Waals surface area contributed by atoms with Crippen molar-refractivity contribution in [3.63, 3.8) is 0 Å². The van der Waals surface area contributed by atoms with Crippen molar-refractivity contribution in [2.24, 2.45) is 0 Å². The SMILES string of the molecule is CCCNC(=O)N(CCOc1ccc(CC(OCC)C(=O)O)cc1)CCOC(F)(F)C(F)(F)C(F)(F)C(F)(F)F. The van der Waals surface area contributed by atoms with Crippen molar-refractivity contribution in [2.45, 2.75) is 56.9 Å². The number of hydrogen-bond donors (Lipinski definition) is 2. The van der Waals surface area contributed by atoms with E-state index in [1.807, 2.05) is 0 Å². The first-order chi connectivity index (χ1) is 18.4. The van der Waals surface area contributed by atoms with Crippen LogP contribution in [0.15, 0.2) is 24.3 Å². The predicted molar refractivity (Wildman–Crippen MR) is 121 cm³/mol. The van der Waals surface area contributed by atoms with Crippen molar-refractivity contribution in [1.82, 2.24) is 10.2 Å². The summed E-state index contributed by atoms with van der Waals surface area (Å²) in [7, 11) is 0. The van der Waals surface area contributed by atoms with E-state index in [2.05, 4.69) is 10.1 Å². The first kappa shape index (κ1) is 35.1. The number of carboxylic acids is 1. The van der Waals surface area contributed by atoms with Gasteiger partial charge in [0.15, 0.2) is 6.10 Å². The minimum atomic E-state index is -7.09. The third-order valence-corrected chi connectivity index (χ3v) is 5.19. The second-order valence-electron chi connectivity index (χ2n) is 8.21. The van der Waals surface area contributed by atoms with Gasteiger partial charge in [-0.3, -0.25) is 0 Å². The van der Waals surface area contributed by atoms with E-state index in [-0.39, 0.29) is 38.5 Å². The van der Waals surface area contributed by atoms with Gasteiger partial charge < -0.3 is 29.5 Å². The molecule has 40 heavy (non-hydrogen) atoms. The molecule has 2 N–H and O–H groups in total. The zero-order chi connectivity index (χ0) is 30.8. The molecule has 0 spiro atoms. The van der Waals surface area contributed by atoms with E-state index in [1.54, 1.807) is 26.0 Å². The maximum absolute atomic E-state index is 13.6. The van der Waals surface area contributed by atoms with E-state index in [0.29, 0.717) is 12.0 Å². The number of hydrogen-bond acceptors (Lipinski definition) is 5. The number of rotatable bonds is 17. The number of carbonyl (C=O) groups excluding carboxylic acids is 1. The van der Waals surface area contributed by atoms with Crippen LogP contribution >= 0.6 is 0 Å². The molecular weight excluding hydrogens is 571 g/mol. The molecule has 2 amide bonds. The molecule has 1 aromatic rings. The fourth-order valence-corrected chi connectivity index (χ4v) is 3.02. The Labute approximate surface area is 223 Å². The van der Waals surface area contributed by atoms with Crippen LogP contribution in [-0.4, -0.2) is 91.7 Å². The summed E-state index contributed by atoms with van der Waals surface area (Å²) in [6.45, 7) is 0.565. The lowest BCUT2D eigenvalue weighted by Gasteiger charge is -2.33. The summed E-state index contributed by atoms with van der Waals surface area (Å²) in [5.41, 5.74) is 0.597. The van der Waals surface area contributed by atoms with Crippen LogP contribution in [0, 0.1) is 0 Å². The summed E-state index contributed by atoms with van der Waals surface area (Å²) < 4.78 is 131. The first-order valence-electron chi connectivity index (χ1n) is 11.8. The lowest BCUT2D eigenvalue weighted by molar-refractivity contribution is -0.443. The van der Waals surface area contributed by atoms with Crippen LogP contribution in [0.4, 0.5) is 44.3 Å². The van der Waals surface area contributed by atoms with E-state index >= 15 is 0 Å². The van der Waals surface area contributed by atoms with E-state index in [9.17, 15) is 49.1 Å². The number of nitrogens with zero attached hydrogens (tertiary/aromatic N) is 1.